The summed E-state index contributed by atoms with van der Waals surface area (Å²) in [6.45, 7) is 9.21. The van der Waals surface area contributed by atoms with Crippen molar-refractivity contribution in [3.05, 3.63) is 0 Å². The maximum Gasteiger partial charge on any atom is 0.332 e. The second kappa shape index (κ2) is 7.65. The molecule has 0 aromatic carbocycles. The van der Waals surface area contributed by atoms with Crippen LogP contribution in [0.3, 0.4) is 0 Å². The molecule has 0 saturated carbocycles. The van der Waals surface area contributed by atoms with Gasteiger partial charge in [0.25, 0.3) is 0 Å². The molecule has 0 aromatic rings. The molecule has 0 aliphatic rings. The first kappa shape index (κ1) is 14.4. The quantitative estimate of drug-likeness (QED) is 0.482. The summed E-state index contributed by atoms with van der Waals surface area (Å²) in [4.78, 5) is 11.2. The molecule has 0 bridgehead atoms. The molecule has 0 atom stereocenters. The van der Waals surface area contributed by atoms with Crippen LogP contribution < -0.4 is 0 Å². The van der Waals surface area contributed by atoms with Crippen molar-refractivity contribution < 1.29 is 19.0 Å². The van der Waals surface area contributed by atoms with E-state index in [1.807, 2.05) is 27.7 Å². The van der Waals surface area contributed by atoms with Gasteiger partial charge in [-0.05, 0) is 27.2 Å². The Hall–Kier alpha value is -0.610. The molecular weight excluding hydrogens is 196 g/mol. The van der Waals surface area contributed by atoms with Crippen molar-refractivity contribution in [2.45, 2.75) is 39.7 Å². The van der Waals surface area contributed by atoms with Crippen molar-refractivity contribution in [1.82, 2.24) is 0 Å². The van der Waals surface area contributed by atoms with E-state index in [0.29, 0.717) is 13.2 Å². The number of hydrogen-bond donors (Lipinski definition) is 0. The first-order chi connectivity index (χ1) is 6.95. The molecular formula is C11H22O4. The van der Waals surface area contributed by atoms with E-state index in [-0.39, 0.29) is 12.6 Å². The average Bonchev–Trinajstić information content (AvgIpc) is 2.08. The van der Waals surface area contributed by atoms with Gasteiger partial charge in [0.1, 0.15) is 12.2 Å². The lowest BCUT2D eigenvalue weighted by atomic mass is 10.2. The molecule has 0 unspecified atom stereocenters. The van der Waals surface area contributed by atoms with Gasteiger partial charge in [0, 0.05) is 6.61 Å². The maximum atomic E-state index is 11.2. The van der Waals surface area contributed by atoms with E-state index in [9.17, 15) is 4.79 Å². The lowest BCUT2D eigenvalue weighted by Gasteiger charge is -2.19. The van der Waals surface area contributed by atoms with Gasteiger partial charge in [-0.3, -0.25) is 0 Å². The summed E-state index contributed by atoms with van der Waals surface area (Å²) in [6, 6.07) is 0. The van der Waals surface area contributed by atoms with Crippen LogP contribution in [0.15, 0.2) is 0 Å². The van der Waals surface area contributed by atoms with E-state index >= 15 is 0 Å². The Kier molecular flexibility index (Phi) is 7.34. The minimum atomic E-state index is -0.445. The molecule has 0 amide bonds. The van der Waals surface area contributed by atoms with Crippen molar-refractivity contribution >= 4 is 5.97 Å². The van der Waals surface area contributed by atoms with E-state index in [2.05, 4.69) is 0 Å². The molecule has 0 rings (SSSR count). The van der Waals surface area contributed by atoms with E-state index in [1.54, 1.807) is 0 Å². The molecule has 4 nitrogen and oxygen atoms in total. The van der Waals surface area contributed by atoms with Crippen LogP contribution in [0.1, 0.15) is 34.1 Å². The van der Waals surface area contributed by atoms with E-state index in [1.165, 1.54) is 0 Å². The first-order valence-corrected chi connectivity index (χ1v) is 5.33. The van der Waals surface area contributed by atoms with Crippen LogP contribution in [-0.4, -0.2) is 38.0 Å². The first-order valence-electron chi connectivity index (χ1n) is 5.33. The summed E-state index contributed by atoms with van der Waals surface area (Å²) >= 11 is 0. The van der Waals surface area contributed by atoms with Crippen LogP contribution in [0.25, 0.3) is 0 Å². The number of rotatable bonds is 7. The van der Waals surface area contributed by atoms with Crippen LogP contribution in [0.5, 0.6) is 0 Å². The van der Waals surface area contributed by atoms with Gasteiger partial charge in [-0.2, -0.15) is 0 Å². The van der Waals surface area contributed by atoms with Crippen LogP contribution in [0.4, 0.5) is 0 Å². The number of carbonyl (C=O) groups is 1. The van der Waals surface area contributed by atoms with E-state index < -0.39 is 5.60 Å². The molecule has 90 valence electrons. The highest BCUT2D eigenvalue weighted by Gasteiger charge is 2.15. The zero-order chi connectivity index (χ0) is 11.7. The molecule has 0 fully saturated rings. The molecule has 0 saturated heterocycles. The Morgan fingerprint density at radius 1 is 1.07 bits per heavy atom. The minimum absolute atomic E-state index is 0.00719. The predicted octanol–water partition coefficient (Wildman–Crippen LogP) is 1.77. The van der Waals surface area contributed by atoms with Crippen molar-refractivity contribution in [3.63, 3.8) is 0 Å². The Labute approximate surface area is 91.9 Å². The van der Waals surface area contributed by atoms with Gasteiger partial charge in [0.15, 0.2) is 0 Å². The number of ether oxygens (including phenoxy) is 3. The molecule has 0 radical (unpaired) electrons. The molecule has 0 aromatic heterocycles. The molecule has 0 N–H and O–H groups in total. The third-order valence-corrected chi connectivity index (χ3v) is 1.36. The SMILES string of the molecule is CCCOCCOCC(=O)OC(C)(C)C. The topological polar surface area (TPSA) is 44.8 Å². The van der Waals surface area contributed by atoms with Crippen molar-refractivity contribution in [2.75, 3.05) is 26.4 Å². The Bertz CT molecular complexity index is 172. The fraction of sp³-hybridized carbons (Fsp3) is 0.909. The fourth-order valence-electron chi connectivity index (χ4n) is 0.891. The van der Waals surface area contributed by atoms with Crippen molar-refractivity contribution in [3.8, 4) is 0 Å². The summed E-state index contributed by atoms with van der Waals surface area (Å²) < 4.78 is 15.3. The molecule has 0 aliphatic carbocycles. The fourth-order valence-corrected chi connectivity index (χ4v) is 0.891. The minimum Gasteiger partial charge on any atom is -0.458 e. The van der Waals surface area contributed by atoms with Crippen LogP contribution in [-0.2, 0) is 19.0 Å². The van der Waals surface area contributed by atoms with Crippen LogP contribution in [0.2, 0.25) is 0 Å². The Balaban J connectivity index is 3.32. The highest BCUT2D eigenvalue weighted by Crippen LogP contribution is 2.06. The average molecular weight is 218 g/mol. The normalized spacial score (nSPS) is 11.5. The van der Waals surface area contributed by atoms with Gasteiger partial charge in [-0.25, -0.2) is 4.79 Å². The second-order valence-electron chi connectivity index (χ2n) is 4.25. The summed E-state index contributed by atoms with van der Waals surface area (Å²) in [6.07, 6.45) is 0.992. The molecule has 0 spiro atoms. The van der Waals surface area contributed by atoms with Gasteiger partial charge < -0.3 is 14.2 Å². The van der Waals surface area contributed by atoms with Gasteiger partial charge >= 0.3 is 5.97 Å². The van der Waals surface area contributed by atoms with Gasteiger partial charge in [0.2, 0.25) is 0 Å². The third-order valence-electron chi connectivity index (χ3n) is 1.36. The Morgan fingerprint density at radius 2 is 1.67 bits per heavy atom. The summed E-state index contributed by atoms with van der Waals surface area (Å²) in [5.41, 5.74) is -0.445. The number of esters is 1. The van der Waals surface area contributed by atoms with Crippen LogP contribution in [0, 0.1) is 0 Å². The molecule has 0 heterocycles. The highest BCUT2D eigenvalue weighted by molar-refractivity contribution is 5.71. The van der Waals surface area contributed by atoms with Crippen molar-refractivity contribution in [2.24, 2.45) is 0 Å². The number of hydrogen-bond acceptors (Lipinski definition) is 4. The van der Waals surface area contributed by atoms with Crippen molar-refractivity contribution in [1.29, 1.82) is 0 Å². The van der Waals surface area contributed by atoms with E-state index in [0.717, 1.165) is 13.0 Å². The largest absolute Gasteiger partial charge is 0.458 e. The zero-order valence-corrected chi connectivity index (χ0v) is 10.2. The third kappa shape index (κ3) is 11.3. The zero-order valence-electron chi connectivity index (χ0n) is 10.2. The van der Waals surface area contributed by atoms with E-state index in [4.69, 9.17) is 14.2 Å². The van der Waals surface area contributed by atoms with Gasteiger partial charge in [0.05, 0.1) is 13.2 Å². The predicted molar refractivity (Wildman–Crippen MR) is 57.8 cm³/mol. The lowest BCUT2D eigenvalue weighted by molar-refractivity contribution is -0.160. The van der Waals surface area contributed by atoms with Gasteiger partial charge in [-0.1, -0.05) is 6.92 Å². The summed E-state index contributed by atoms with van der Waals surface area (Å²) in [5, 5.41) is 0. The second-order valence-corrected chi connectivity index (χ2v) is 4.25. The smallest absolute Gasteiger partial charge is 0.332 e. The van der Waals surface area contributed by atoms with Crippen LogP contribution >= 0.6 is 0 Å². The highest BCUT2D eigenvalue weighted by atomic mass is 16.6. The molecule has 4 heteroatoms. The summed E-state index contributed by atoms with van der Waals surface area (Å²) in [7, 11) is 0. The molecule has 15 heavy (non-hydrogen) atoms. The number of carbonyl (C=O) groups excluding carboxylic acids is 1. The van der Waals surface area contributed by atoms with Gasteiger partial charge in [-0.15, -0.1) is 0 Å². The maximum absolute atomic E-state index is 11.2. The lowest BCUT2D eigenvalue weighted by Crippen LogP contribution is -2.27. The molecule has 0 aliphatic heterocycles. The Morgan fingerprint density at radius 3 is 2.20 bits per heavy atom. The monoisotopic (exact) mass is 218 g/mol. The summed E-state index contributed by atoms with van der Waals surface area (Å²) in [5.74, 6) is -0.335. The standard InChI is InChI=1S/C11H22O4/c1-5-6-13-7-8-14-9-10(12)15-11(2,3)4/h5-9H2,1-4H3.